The van der Waals surface area contributed by atoms with E-state index in [1.54, 1.807) is 12.1 Å². The van der Waals surface area contributed by atoms with Gasteiger partial charge in [0.2, 0.25) is 0 Å². The molecule has 7 nitrogen and oxygen atoms in total. The van der Waals surface area contributed by atoms with Crippen molar-refractivity contribution in [1.82, 2.24) is 10.2 Å². The number of ether oxygens (including phenoxy) is 2. The van der Waals surface area contributed by atoms with Gasteiger partial charge in [0.05, 0.1) is 31.9 Å². The van der Waals surface area contributed by atoms with Gasteiger partial charge in [-0.15, -0.1) is 0 Å². The van der Waals surface area contributed by atoms with Gasteiger partial charge in [-0.25, -0.2) is 0 Å². The van der Waals surface area contributed by atoms with Crippen LogP contribution < -0.4 is 15.0 Å². The Bertz CT molecular complexity index is 1130. The van der Waals surface area contributed by atoms with Gasteiger partial charge in [-0.3, -0.25) is 9.69 Å². The van der Waals surface area contributed by atoms with Crippen LogP contribution in [-0.2, 0) is 9.53 Å². The first-order valence-electron chi connectivity index (χ1n) is 12.0. The number of nitrogens with zero attached hydrogens (tertiary/aromatic N) is 2. The number of amides is 1. The summed E-state index contributed by atoms with van der Waals surface area (Å²) < 4.78 is 10.7. The number of phenols is 1. The minimum atomic E-state index is -0.509. The van der Waals surface area contributed by atoms with Crippen LogP contribution in [-0.4, -0.2) is 54.4 Å². The summed E-state index contributed by atoms with van der Waals surface area (Å²) in [7, 11) is 1.50. The van der Waals surface area contributed by atoms with Crippen LogP contribution >= 0.6 is 12.2 Å². The zero-order valence-electron chi connectivity index (χ0n) is 20.7. The second-order valence-electron chi connectivity index (χ2n) is 8.95. The molecule has 1 fully saturated rings. The molecule has 186 valence electrons. The van der Waals surface area contributed by atoms with Crippen LogP contribution in [0.5, 0.6) is 11.5 Å². The van der Waals surface area contributed by atoms with Gasteiger partial charge in [-0.2, -0.15) is 0 Å². The van der Waals surface area contributed by atoms with Crippen molar-refractivity contribution in [1.29, 1.82) is 0 Å². The second-order valence-corrected chi connectivity index (χ2v) is 9.34. The molecule has 2 heterocycles. The van der Waals surface area contributed by atoms with Crippen LogP contribution in [0, 0.1) is 0 Å². The van der Waals surface area contributed by atoms with Gasteiger partial charge in [-0.1, -0.05) is 32.0 Å². The Kier molecular flexibility index (Phi) is 7.62. The molecule has 2 aliphatic rings. The van der Waals surface area contributed by atoms with E-state index in [1.165, 1.54) is 12.7 Å². The van der Waals surface area contributed by atoms with Crippen LogP contribution in [0.15, 0.2) is 53.7 Å². The number of methoxy groups -OCH3 is 1. The first kappa shape index (κ1) is 25.0. The number of anilines is 1. The highest BCUT2D eigenvalue weighted by molar-refractivity contribution is 7.80. The molecular formula is C27H33N3O4S. The third kappa shape index (κ3) is 4.99. The molecule has 2 aromatic carbocycles. The van der Waals surface area contributed by atoms with Crippen molar-refractivity contribution in [2.45, 2.75) is 39.2 Å². The smallest absolute Gasteiger partial charge is 0.254 e. The number of morpholine rings is 1. The summed E-state index contributed by atoms with van der Waals surface area (Å²) in [6, 6.07) is 13.0. The molecule has 1 saturated heterocycles. The van der Waals surface area contributed by atoms with E-state index in [-0.39, 0.29) is 11.7 Å². The van der Waals surface area contributed by atoms with Gasteiger partial charge in [0.15, 0.2) is 16.6 Å². The van der Waals surface area contributed by atoms with Gasteiger partial charge in [0, 0.05) is 24.5 Å². The van der Waals surface area contributed by atoms with Crippen molar-refractivity contribution in [3.05, 3.63) is 64.9 Å². The normalized spacial score (nSPS) is 19.4. The summed E-state index contributed by atoms with van der Waals surface area (Å²) in [5.74, 6) is 0.786. The number of carbonyl (C=O) groups excluding carboxylic acids is 1. The molecule has 35 heavy (non-hydrogen) atoms. The number of thiocarbonyl (C=S) groups is 1. The molecule has 0 aromatic heterocycles. The fourth-order valence-corrected chi connectivity index (χ4v) is 4.95. The van der Waals surface area contributed by atoms with Gasteiger partial charge in [0.25, 0.3) is 5.91 Å². The minimum absolute atomic E-state index is 0.0107. The molecular weight excluding hydrogens is 462 g/mol. The Hall–Kier alpha value is -3.10. The summed E-state index contributed by atoms with van der Waals surface area (Å²) in [4.78, 5) is 17.6. The Balaban J connectivity index is 1.78. The standard InChI is InChI=1S/C27H33N3O4S/c1-5-17(2)19-6-9-21(10-7-19)30-18(3)24(26(32)29-12-14-34-15-13-29)25(28-27(30)35)20-8-11-23(33-4)22(31)16-20/h6-11,16-17,25,31H,5,12-15H2,1-4H3,(H,28,35)/t17-,25-/m1/s1. The van der Waals surface area contributed by atoms with E-state index >= 15 is 0 Å². The Morgan fingerprint density at radius 1 is 1.23 bits per heavy atom. The van der Waals surface area contributed by atoms with Crippen molar-refractivity contribution in [2.75, 3.05) is 38.3 Å². The number of aromatic hydroxyl groups is 1. The third-order valence-corrected chi connectivity index (χ3v) is 7.18. The fourth-order valence-electron chi connectivity index (χ4n) is 4.59. The van der Waals surface area contributed by atoms with Crippen LogP contribution in [0.25, 0.3) is 0 Å². The summed E-state index contributed by atoms with van der Waals surface area (Å²) >= 11 is 5.80. The first-order valence-corrected chi connectivity index (χ1v) is 12.4. The molecule has 2 atom stereocenters. The maximum absolute atomic E-state index is 13.8. The van der Waals surface area contributed by atoms with Crippen LogP contribution in [0.1, 0.15) is 50.3 Å². The number of benzene rings is 2. The van der Waals surface area contributed by atoms with E-state index in [0.717, 1.165) is 23.4 Å². The fraction of sp³-hybridized carbons (Fsp3) is 0.407. The Morgan fingerprint density at radius 2 is 1.91 bits per heavy atom. The molecule has 0 spiro atoms. The third-order valence-electron chi connectivity index (χ3n) is 6.88. The average Bonchev–Trinajstić information content (AvgIpc) is 2.88. The van der Waals surface area contributed by atoms with E-state index < -0.39 is 6.04 Å². The number of hydrogen-bond acceptors (Lipinski definition) is 5. The van der Waals surface area contributed by atoms with Crippen molar-refractivity contribution in [2.24, 2.45) is 0 Å². The molecule has 4 rings (SSSR count). The van der Waals surface area contributed by atoms with E-state index in [0.29, 0.717) is 48.7 Å². The molecule has 2 aromatic rings. The molecule has 2 aliphatic heterocycles. The first-order chi connectivity index (χ1) is 16.8. The number of carbonyl (C=O) groups is 1. The lowest BCUT2D eigenvalue weighted by Crippen LogP contribution is -2.51. The van der Waals surface area contributed by atoms with Gasteiger partial charge < -0.3 is 24.8 Å². The zero-order valence-corrected chi connectivity index (χ0v) is 21.5. The minimum Gasteiger partial charge on any atom is -0.504 e. The molecule has 0 unspecified atom stereocenters. The number of phenolic OH excluding ortho intramolecular Hbond substituents is 1. The van der Waals surface area contributed by atoms with Crippen molar-refractivity contribution in [3.63, 3.8) is 0 Å². The highest BCUT2D eigenvalue weighted by Gasteiger charge is 2.37. The van der Waals surface area contributed by atoms with Crippen molar-refractivity contribution >= 4 is 28.9 Å². The van der Waals surface area contributed by atoms with Crippen LogP contribution in [0.4, 0.5) is 5.69 Å². The number of nitrogens with one attached hydrogen (secondary N) is 1. The van der Waals surface area contributed by atoms with E-state index in [9.17, 15) is 9.90 Å². The van der Waals surface area contributed by atoms with Gasteiger partial charge >= 0.3 is 0 Å². The van der Waals surface area contributed by atoms with Crippen LogP contribution in [0.3, 0.4) is 0 Å². The molecule has 1 amide bonds. The molecule has 0 bridgehead atoms. The summed E-state index contributed by atoms with van der Waals surface area (Å²) in [5, 5.41) is 14.3. The topological polar surface area (TPSA) is 74.3 Å². The van der Waals surface area contributed by atoms with E-state index in [1.807, 2.05) is 22.8 Å². The Morgan fingerprint density at radius 3 is 2.51 bits per heavy atom. The average molecular weight is 496 g/mol. The lowest BCUT2D eigenvalue weighted by atomic mass is 9.93. The summed E-state index contributed by atoms with van der Waals surface area (Å²) in [6.45, 7) is 8.41. The summed E-state index contributed by atoms with van der Waals surface area (Å²) in [6.07, 6.45) is 1.07. The molecule has 0 radical (unpaired) electrons. The maximum Gasteiger partial charge on any atom is 0.254 e. The maximum atomic E-state index is 13.8. The van der Waals surface area contributed by atoms with Crippen molar-refractivity contribution in [3.8, 4) is 11.5 Å². The quantitative estimate of drug-likeness (QED) is 0.572. The Labute approximate surface area is 212 Å². The number of allylic oxidation sites excluding steroid dienone is 1. The highest BCUT2D eigenvalue weighted by Crippen LogP contribution is 2.38. The van der Waals surface area contributed by atoms with Gasteiger partial charge in [-0.05, 0) is 66.9 Å². The van der Waals surface area contributed by atoms with Gasteiger partial charge in [0.1, 0.15) is 0 Å². The van der Waals surface area contributed by atoms with Crippen molar-refractivity contribution < 1.29 is 19.4 Å². The van der Waals surface area contributed by atoms with E-state index in [2.05, 4.69) is 43.4 Å². The lowest BCUT2D eigenvalue weighted by molar-refractivity contribution is -0.131. The SMILES string of the molecule is CC[C@@H](C)c1ccc(N2C(=S)N[C@H](c3ccc(OC)c(O)c3)C(C(=O)N3CCOCC3)=C2C)cc1. The number of hydrogen-bond donors (Lipinski definition) is 2. The monoisotopic (exact) mass is 495 g/mol. The van der Waals surface area contributed by atoms with Crippen LogP contribution in [0.2, 0.25) is 0 Å². The lowest BCUT2D eigenvalue weighted by Gasteiger charge is -2.40. The zero-order chi connectivity index (χ0) is 25.1. The van der Waals surface area contributed by atoms with E-state index in [4.69, 9.17) is 21.7 Å². The summed E-state index contributed by atoms with van der Waals surface area (Å²) in [5.41, 5.74) is 4.26. The molecule has 2 N–H and O–H groups in total. The highest BCUT2D eigenvalue weighted by atomic mass is 32.1. The predicted octanol–water partition coefficient (Wildman–Crippen LogP) is 4.48. The molecule has 0 saturated carbocycles. The second kappa shape index (κ2) is 10.7. The largest absolute Gasteiger partial charge is 0.504 e. The number of rotatable bonds is 6. The molecule has 8 heteroatoms. The predicted molar refractivity (Wildman–Crippen MR) is 141 cm³/mol. The molecule has 0 aliphatic carbocycles.